The Hall–Kier alpha value is -0.850. The van der Waals surface area contributed by atoms with Crippen molar-refractivity contribution in [2.75, 3.05) is 33.4 Å². The van der Waals surface area contributed by atoms with Crippen LogP contribution in [0.5, 0.6) is 0 Å². The van der Waals surface area contributed by atoms with Gasteiger partial charge in [0.1, 0.15) is 6.10 Å². The molecule has 17 heavy (non-hydrogen) atoms. The number of hydrogen-bond acceptors (Lipinski definition) is 5. The summed E-state index contributed by atoms with van der Waals surface area (Å²) in [6.07, 6.45) is -0.460. The van der Waals surface area contributed by atoms with Crippen molar-refractivity contribution in [2.45, 2.75) is 13.0 Å². The molecule has 1 rings (SSSR count). The molecule has 1 fully saturated rings. The summed E-state index contributed by atoms with van der Waals surface area (Å²) >= 11 is 0. The monoisotopic (exact) mass is 266 g/mol. The van der Waals surface area contributed by atoms with E-state index in [0.717, 1.165) is 6.54 Å². The largest absolute Gasteiger partial charge is 0.469 e. The molecule has 1 amide bonds. The van der Waals surface area contributed by atoms with Crippen molar-refractivity contribution in [1.29, 1.82) is 0 Å². The number of methoxy groups -OCH3 is 1. The summed E-state index contributed by atoms with van der Waals surface area (Å²) in [6, 6.07) is 0. The van der Waals surface area contributed by atoms with Gasteiger partial charge in [-0.3, -0.25) is 9.59 Å². The lowest BCUT2D eigenvalue weighted by Crippen LogP contribution is -2.48. The van der Waals surface area contributed by atoms with E-state index in [0.29, 0.717) is 13.2 Å². The molecule has 1 aliphatic heterocycles. The fourth-order valence-corrected chi connectivity index (χ4v) is 1.39. The zero-order valence-electron chi connectivity index (χ0n) is 10.0. The lowest BCUT2D eigenvalue weighted by molar-refractivity contribution is -0.145. The zero-order valence-corrected chi connectivity index (χ0v) is 10.8. The predicted molar refractivity (Wildman–Crippen MR) is 64.0 cm³/mol. The molecular formula is C10H19ClN2O4. The van der Waals surface area contributed by atoms with Crippen LogP contribution >= 0.6 is 12.4 Å². The summed E-state index contributed by atoms with van der Waals surface area (Å²) in [5.74, 6) is -0.864. The number of ether oxygens (including phenoxy) is 2. The number of carbonyl (C=O) groups is 2. The van der Waals surface area contributed by atoms with Gasteiger partial charge in [0.05, 0.1) is 19.6 Å². The maximum atomic E-state index is 11.6. The average Bonchev–Trinajstić information content (AvgIpc) is 2.35. The van der Waals surface area contributed by atoms with Crippen LogP contribution in [0, 0.1) is 5.92 Å². The molecule has 6 nitrogen and oxygen atoms in total. The molecular weight excluding hydrogens is 248 g/mol. The van der Waals surface area contributed by atoms with Crippen molar-refractivity contribution in [2.24, 2.45) is 5.92 Å². The van der Waals surface area contributed by atoms with Crippen LogP contribution in [0.15, 0.2) is 0 Å². The Morgan fingerprint density at radius 1 is 1.59 bits per heavy atom. The molecule has 0 aromatic heterocycles. The van der Waals surface area contributed by atoms with Gasteiger partial charge in [-0.05, 0) is 0 Å². The number of hydrogen-bond donors (Lipinski definition) is 2. The third-order valence-corrected chi connectivity index (χ3v) is 2.41. The van der Waals surface area contributed by atoms with Crippen molar-refractivity contribution in [3.05, 3.63) is 0 Å². The van der Waals surface area contributed by atoms with Crippen LogP contribution in [-0.2, 0) is 19.1 Å². The van der Waals surface area contributed by atoms with Crippen LogP contribution in [0.3, 0.4) is 0 Å². The smallest absolute Gasteiger partial charge is 0.310 e. The predicted octanol–water partition coefficient (Wildman–Crippen LogP) is -0.678. The first-order chi connectivity index (χ1) is 7.65. The highest BCUT2D eigenvalue weighted by atomic mass is 35.5. The molecule has 2 atom stereocenters. The second-order valence-electron chi connectivity index (χ2n) is 3.73. The summed E-state index contributed by atoms with van der Waals surface area (Å²) in [4.78, 5) is 22.7. The average molecular weight is 267 g/mol. The van der Waals surface area contributed by atoms with E-state index in [-0.39, 0.29) is 36.7 Å². The molecule has 7 heteroatoms. The first-order valence-corrected chi connectivity index (χ1v) is 5.33. The van der Waals surface area contributed by atoms with Gasteiger partial charge in [-0.1, -0.05) is 6.92 Å². The summed E-state index contributed by atoms with van der Waals surface area (Å²) < 4.78 is 9.82. The maximum absolute atomic E-state index is 11.6. The van der Waals surface area contributed by atoms with Crippen molar-refractivity contribution in [1.82, 2.24) is 10.6 Å². The normalized spacial score (nSPS) is 20.9. The topological polar surface area (TPSA) is 76.7 Å². The molecule has 0 aromatic carbocycles. The second-order valence-corrected chi connectivity index (χ2v) is 3.73. The van der Waals surface area contributed by atoms with E-state index in [1.54, 1.807) is 6.92 Å². The van der Waals surface area contributed by atoms with Gasteiger partial charge in [0.25, 0.3) is 0 Å². The molecule has 1 aliphatic rings. The molecule has 100 valence electrons. The maximum Gasteiger partial charge on any atom is 0.310 e. The quantitative estimate of drug-likeness (QED) is 0.660. The van der Waals surface area contributed by atoms with Crippen molar-refractivity contribution >= 4 is 24.3 Å². The van der Waals surface area contributed by atoms with Gasteiger partial charge < -0.3 is 20.1 Å². The Bertz CT molecular complexity index is 257. The SMILES string of the molecule is COC(=O)C(C)CNC(=O)C1CNCCO1.Cl. The molecule has 1 heterocycles. The summed E-state index contributed by atoms with van der Waals surface area (Å²) in [5, 5.41) is 5.72. The van der Waals surface area contributed by atoms with Gasteiger partial charge >= 0.3 is 5.97 Å². The summed E-state index contributed by atoms with van der Waals surface area (Å²) in [5.41, 5.74) is 0. The number of esters is 1. The Balaban J connectivity index is 0.00000256. The van der Waals surface area contributed by atoms with Crippen LogP contribution < -0.4 is 10.6 Å². The van der Waals surface area contributed by atoms with E-state index in [2.05, 4.69) is 15.4 Å². The minimum absolute atomic E-state index is 0. The highest BCUT2D eigenvalue weighted by Gasteiger charge is 2.22. The van der Waals surface area contributed by atoms with Gasteiger partial charge in [-0.25, -0.2) is 0 Å². The van der Waals surface area contributed by atoms with Crippen molar-refractivity contribution in [3.63, 3.8) is 0 Å². The van der Waals surface area contributed by atoms with Gasteiger partial charge in [-0.2, -0.15) is 0 Å². The fraction of sp³-hybridized carbons (Fsp3) is 0.800. The minimum atomic E-state index is -0.460. The second kappa shape index (κ2) is 8.27. The third-order valence-electron chi connectivity index (χ3n) is 2.41. The summed E-state index contributed by atoms with van der Waals surface area (Å²) in [7, 11) is 1.33. The van der Waals surface area contributed by atoms with Crippen LogP contribution in [-0.4, -0.2) is 51.3 Å². The van der Waals surface area contributed by atoms with E-state index >= 15 is 0 Å². The molecule has 2 unspecified atom stereocenters. The first-order valence-electron chi connectivity index (χ1n) is 5.33. The van der Waals surface area contributed by atoms with Crippen molar-refractivity contribution in [3.8, 4) is 0 Å². The minimum Gasteiger partial charge on any atom is -0.469 e. The molecule has 0 saturated carbocycles. The van der Waals surface area contributed by atoms with E-state index in [1.165, 1.54) is 7.11 Å². The standard InChI is InChI=1S/C10H18N2O4.ClH/c1-7(10(14)15-2)5-12-9(13)8-6-11-3-4-16-8;/h7-8,11H,3-6H2,1-2H3,(H,12,13);1H. The van der Waals surface area contributed by atoms with E-state index in [9.17, 15) is 9.59 Å². The Morgan fingerprint density at radius 2 is 2.29 bits per heavy atom. The summed E-state index contributed by atoms with van der Waals surface area (Å²) in [6.45, 7) is 3.78. The highest BCUT2D eigenvalue weighted by Crippen LogP contribution is 1.98. The molecule has 0 radical (unpaired) electrons. The van der Waals surface area contributed by atoms with Crippen LogP contribution in [0.25, 0.3) is 0 Å². The van der Waals surface area contributed by atoms with Crippen LogP contribution in [0.4, 0.5) is 0 Å². The molecule has 1 saturated heterocycles. The number of nitrogens with one attached hydrogen (secondary N) is 2. The lowest BCUT2D eigenvalue weighted by atomic mass is 10.2. The number of halogens is 1. The molecule has 0 aromatic rings. The molecule has 0 bridgehead atoms. The number of morpholine rings is 1. The fourth-order valence-electron chi connectivity index (χ4n) is 1.39. The number of carbonyl (C=O) groups excluding carboxylic acids is 2. The van der Waals surface area contributed by atoms with E-state index < -0.39 is 6.10 Å². The molecule has 2 N–H and O–H groups in total. The zero-order chi connectivity index (χ0) is 12.0. The molecule has 0 spiro atoms. The van der Waals surface area contributed by atoms with Gasteiger partial charge in [0.15, 0.2) is 0 Å². The third kappa shape index (κ3) is 5.34. The number of rotatable bonds is 4. The molecule has 0 aliphatic carbocycles. The highest BCUT2D eigenvalue weighted by molar-refractivity contribution is 5.85. The number of amides is 1. The van der Waals surface area contributed by atoms with Crippen LogP contribution in [0.1, 0.15) is 6.92 Å². The van der Waals surface area contributed by atoms with Crippen LogP contribution in [0.2, 0.25) is 0 Å². The van der Waals surface area contributed by atoms with E-state index in [1.807, 2.05) is 0 Å². The van der Waals surface area contributed by atoms with Crippen molar-refractivity contribution < 1.29 is 19.1 Å². The Kier molecular flexibility index (Phi) is 7.86. The Labute approximate surface area is 107 Å². The van der Waals surface area contributed by atoms with E-state index in [4.69, 9.17) is 4.74 Å². The lowest BCUT2D eigenvalue weighted by Gasteiger charge is -2.23. The first kappa shape index (κ1) is 16.1. The Morgan fingerprint density at radius 3 is 2.82 bits per heavy atom. The van der Waals surface area contributed by atoms with Gasteiger partial charge in [0.2, 0.25) is 5.91 Å². The van der Waals surface area contributed by atoms with Gasteiger partial charge in [0, 0.05) is 19.6 Å². The van der Waals surface area contributed by atoms with Gasteiger partial charge in [-0.15, -0.1) is 12.4 Å².